The van der Waals surface area contributed by atoms with Crippen molar-refractivity contribution in [2.24, 2.45) is 5.92 Å². The van der Waals surface area contributed by atoms with Gasteiger partial charge in [0.25, 0.3) is 0 Å². The minimum absolute atomic E-state index is 0.228. The lowest BCUT2D eigenvalue weighted by Crippen LogP contribution is -2.50. The second-order valence-electron chi connectivity index (χ2n) is 4.46. The quantitative estimate of drug-likeness (QED) is 0.724. The standard InChI is InChI=1S/C11H21N3O2/c1-8-4-6-14(7-5-8)9(2)10(15)13-11(16)12-3/h8-9H,4-7H2,1-3H3,(H2,12,13,15,16)/t9-/m1/s1. The Kier molecular flexibility index (Phi) is 4.73. The molecule has 0 saturated carbocycles. The molecule has 1 heterocycles. The van der Waals surface area contributed by atoms with E-state index in [9.17, 15) is 9.59 Å². The van der Waals surface area contributed by atoms with Gasteiger partial charge in [-0.15, -0.1) is 0 Å². The molecule has 1 aliphatic heterocycles. The van der Waals surface area contributed by atoms with E-state index < -0.39 is 6.03 Å². The molecule has 1 fully saturated rings. The monoisotopic (exact) mass is 227 g/mol. The first-order valence-electron chi connectivity index (χ1n) is 5.81. The van der Waals surface area contributed by atoms with Crippen LogP contribution in [-0.2, 0) is 4.79 Å². The highest BCUT2D eigenvalue weighted by Gasteiger charge is 2.25. The molecule has 1 atom stereocenters. The summed E-state index contributed by atoms with van der Waals surface area (Å²) in [6, 6.07) is -0.674. The highest BCUT2D eigenvalue weighted by atomic mass is 16.2. The average molecular weight is 227 g/mol. The Hall–Kier alpha value is -1.10. The van der Waals surface area contributed by atoms with E-state index >= 15 is 0 Å². The van der Waals surface area contributed by atoms with Crippen LogP contribution in [0, 0.1) is 5.92 Å². The fourth-order valence-electron chi connectivity index (χ4n) is 1.86. The number of rotatable bonds is 2. The molecule has 0 aliphatic carbocycles. The molecule has 1 aliphatic rings. The largest absolute Gasteiger partial charge is 0.341 e. The van der Waals surface area contributed by atoms with E-state index in [1.54, 1.807) is 0 Å². The first kappa shape index (κ1) is 13.0. The minimum atomic E-state index is -0.442. The summed E-state index contributed by atoms with van der Waals surface area (Å²) in [4.78, 5) is 24.8. The maximum atomic E-state index is 11.7. The number of hydrogen-bond donors (Lipinski definition) is 2. The molecule has 0 aromatic heterocycles. The van der Waals surface area contributed by atoms with Gasteiger partial charge < -0.3 is 5.32 Å². The van der Waals surface area contributed by atoms with E-state index in [4.69, 9.17) is 0 Å². The van der Waals surface area contributed by atoms with Gasteiger partial charge in [0.05, 0.1) is 6.04 Å². The molecule has 16 heavy (non-hydrogen) atoms. The maximum Gasteiger partial charge on any atom is 0.321 e. The van der Waals surface area contributed by atoms with E-state index in [1.165, 1.54) is 7.05 Å². The predicted octanol–water partition coefficient (Wildman–Crippen LogP) is 0.562. The molecular weight excluding hydrogens is 206 g/mol. The first-order valence-corrected chi connectivity index (χ1v) is 5.81. The van der Waals surface area contributed by atoms with Crippen LogP contribution in [0.5, 0.6) is 0 Å². The summed E-state index contributed by atoms with van der Waals surface area (Å²) < 4.78 is 0. The van der Waals surface area contributed by atoms with Crippen LogP contribution in [-0.4, -0.2) is 43.0 Å². The molecule has 0 aromatic carbocycles. The number of carbonyl (C=O) groups is 2. The lowest BCUT2D eigenvalue weighted by molar-refractivity contribution is -0.125. The SMILES string of the molecule is CNC(=O)NC(=O)[C@@H](C)N1CCC(C)CC1. The lowest BCUT2D eigenvalue weighted by atomic mass is 9.98. The van der Waals surface area contributed by atoms with E-state index in [0.717, 1.165) is 31.8 Å². The molecule has 0 aromatic rings. The second kappa shape index (κ2) is 5.84. The number of nitrogens with one attached hydrogen (secondary N) is 2. The zero-order chi connectivity index (χ0) is 12.1. The fraction of sp³-hybridized carbons (Fsp3) is 0.818. The van der Waals surface area contributed by atoms with Crippen molar-refractivity contribution < 1.29 is 9.59 Å². The first-order chi connectivity index (χ1) is 7.54. The van der Waals surface area contributed by atoms with Crippen molar-refractivity contribution in [3.8, 4) is 0 Å². The molecular formula is C11H21N3O2. The molecule has 1 saturated heterocycles. The van der Waals surface area contributed by atoms with Crippen molar-refractivity contribution in [1.29, 1.82) is 0 Å². The Morgan fingerprint density at radius 3 is 2.38 bits per heavy atom. The molecule has 5 nitrogen and oxygen atoms in total. The summed E-state index contributed by atoms with van der Waals surface area (Å²) in [5.74, 6) is 0.513. The Bertz CT molecular complexity index is 260. The third-order valence-corrected chi connectivity index (χ3v) is 3.21. The molecule has 0 bridgehead atoms. The Balaban J connectivity index is 2.41. The van der Waals surface area contributed by atoms with Crippen LogP contribution < -0.4 is 10.6 Å². The van der Waals surface area contributed by atoms with Crippen molar-refractivity contribution in [2.75, 3.05) is 20.1 Å². The van der Waals surface area contributed by atoms with Gasteiger partial charge in [-0.2, -0.15) is 0 Å². The highest BCUT2D eigenvalue weighted by molar-refractivity contribution is 5.96. The smallest absolute Gasteiger partial charge is 0.321 e. The van der Waals surface area contributed by atoms with Gasteiger partial charge >= 0.3 is 6.03 Å². The molecule has 0 unspecified atom stereocenters. The van der Waals surface area contributed by atoms with Gasteiger partial charge in [-0.25, -0.2) is 4.79 Å². The summed E-state index contributed by atoms with van der Waals surface area (Å²) in [6.07, 6.45) is 2.25. The van der Waals surface area contributed by atoms with E-state index in [0.29, 0.717) is 0 Å². The van der Waals surface area contributed by atoms with Crippen LogP contribution in [0.25, 0.3) is 0 Å². The topological polar surface area (TPSA) is 61.4 Å². The van der Waals surface area contributed by atoms with E-state index in [2.05, 4.69) is 22.5 Å². The normalized spacial score (nSPS) is 20.2. The summed E-state index contributed by atoms with van der Waals surface area (Å²) in [7, 11) is 1.50. The second-order valence-corrected chi connectivity index (χ2v) is 4.46. The van der Waals surface area contributed by atoms with Crippen LogP contribution >= 0.6 is 0 Å². The summed E-state index contributed by atoms with van der Waals surface area (Å²) in [6.45, 7) is 5.94. The average Bonchev–Trinajstić information content (AvgIpc) is 2.28. The van der Waals surface area contributed by atoms with Gasteiger partial charge in [-0.3, -0.25) is 15.0 Å². The Labute approximate surface area is 96.6 Å². The lowest BCUT2D eigenvalue weighted by Gasteiger charge is -2.33. The fourth-order valence-corrected chi connectivity index (χ4v) is 1.86. The number of likely N-dealkylation sites (tertiary alicyclic amines) is 1. The third kappa shape index (κ3) is 3.48. The van der Waals surface area contributed by atoms with Gasteiger partial charge in [0.1, 0.15) is 0 Å². The number of amides is 3. The van der Waals surface area contributed by atoms with Gasteiger partial charge in [-0.1, -0.05) is 6.92 Å². The van der Waals surface area contributed by atoms with E-state index in [1.807, 2.05) is 6.92 Å². The van der Waals surface area contributed by atoms with Gasteiger partial charge in [0.15, 0.2) is 0 Å². The van der Waals surface area contributed by atoms with Gasteiger partial charge in [-0.05, 0) is 38.8 Å². The number of nitrogens with zero attached hydrogens (tertiary/aromatic N) is 1. The van der Waals surface area contributed by atoms with Crippen molar-refractivity contribution in [3.63, 3.8) is 0 Å². The zero-order valence-corrected chi connectivity index (χ0v) is 10.2. The summed E-state index contributed by atoms with van der Waals surface area (Å²) in [5.41, 5.74) is 0. The highest BCUT2D eigenvalue weighted by Crippen LogP contribution is 2.17. The van der Waals surface area contributed by atoms with Crippen molar-refractivity contribution in [3.05, 3.63) is 0 Å². The zero-order valence-electron chi connectivity index (χ0n) is 10.2. The number of imide groups is 1. The number of hydrogen-bond acceptors (Lipinski definition) is 3. The van der Waals surface area contributed by atoms with E-state index in [-0.39, 0.29) is 11.9 Å². The minimum Gasteiger partial charge on any atom is -0.341 e. The van der Waals surface area contributed by atoms with Crippen molar-refractivity contribution in [2.45, 2.75) is 32.7 Å². The van der Waals surface area contributed by atoms with Crippen molar-refractivity contribution in [1.82, 2.24) is 15.5 Å². The molecule has 0 spiro atoms. The molecule has 3 amide bonds. The Morgan fingerprint density at radius 2 is 1.88 bits per heavy atom. The number of piperidine rings is 1. The Morgan fingerprint density at radius 1 is 1.31 bits per heavy atom. The van der Waals surface area contributed by atoms with Crippen LogP contribution in [0.4, 0.5) is 4.79 Å². The molecule has 0 radical (unpaired) electrons. The maximum absolute atomic E-state index is 11.7. The van der Waals surface area contributed by atoms with Crippen LogP contribution in [0.2, 0.25) is 0 Å². The molecule has 92 valence electrons. The predicted molar refractivity (Wildman–Crippen MR) is 62.0 cm³/mol. The number of urea groups is 1. The van der Waals surface area contributed by atoms with Gasteiger partial charge in [0, 0.05) is 7.05 Å². The summed E-state index contributed by atoms with van der Waals surface area (Å²) >= 11 is 0. The van der Waals surface area contributed by atoms with Crippen LogP contribution in [0.15, 0.2) is 0 Å². The van der Waals surface area contributed by atoms with Gasteiger partial charge in [0.2, 0.25) is 5.91 Å². The number of carbonyl (C=O) groups excluding carboxylic acids is 2. The molecule has 2 N–H and O–H groups in total. The molecule has 5 heteroatoms. The molecule has 1 rings (SSSR count). The van der Waals surface area contributed by atoms with Crippen LogP contribution in [0.3, 0.4) is 0 Å². The van der Waals surface area contributed by atoms with Crippen molar-refractivity contribution >= 4 is 11.9 Å². The summed E-state index contributed by atoms with van der Waals surface area (Å²) in [5, 5.41) is 4.68. The van der Waals surface area contributed by atoms with Crippen LogP contribution in [0.1, 0.15) is 26.7 Å². The third-order valence-electron chi connectivity index (χ3n) is 3.21.